The summed E-state index contributed by atoms with van der Waals surface area (Å²) in [6.07, 6.45) is 4.75. The van der Waals surface area contributed by atoms with Crippen LogP contribution in [0.1, 0.15) is 59.8 Å². The second-order valence-corrected chi connectivity index (χ2v) is 9.66. The van der Waals surface area contributed by atoms with Crippen molar-refractivity contribution in [2.45, 2.75) is 84.0 Å². The van der Waals surface area contributed by atoms with Gasteiger partial charge in [0.15, 0.2) is 0 Å². The summed E-state index contributed by atoms with van der Waals surface area (Å²) in [5.74, 6) is -2.56. The number of nitrogens with one attached hydrogen (secondary N) is 3. The predicted molar refractivity (Wildman–Crippen MR) is 132 cm³/mol. The summed E-state index contributed by atoms with van der Waals surface area (Å²) >= 11 is 1.51. The zero-order valence-corrected chi connectivity index (χ0v) is 21.4. The molecule has 5 atom stereocenters. The third-order valence-electron chi connectivity index (χ3n) is 5.57. The molecule has 0 aromatic rings. The maximum Gasteiger partial charge on any atom is 0.326 e. The van der Waals surface area contributed by atoms with Gasteiger partial charge in [0, 0.05) is 0 Å². The van der Waals surface area contributed by atoms with Gasteiger partial charge in [-0.2, -0.15) is 11.8 Å². The van der Waals surface area contributed by atoms with E-state index in [1.807, 2.05) is 20.1 Å². The van der Waals surface area contributed by atoms with Gasteiger partial charge in [0.2, 0.25) is 17.7 Å². The predicted octanol–water partition coefficient (Wildman–Crippen LogP) is 0.437. The van der Waals surface area contributed by atoms with Crippen LogP contribution in [-0.4, -0.2) is 71.5 Å². The Balaban J connectivity index is 5.42. The van der Waals surface area contributed by atoms with Crippen LogP contribution in [0.15, 0.2) is 0 Å². The van der Waals surface area contributed by atoms with Gasteiger partial charge < -0.3 is 32.5 Å². The molecule has 0 bridgehead atoms. The molecule has 3 amide bonds. The highest BCUT2D eigenvalue weighted by atomic mass is 32.2. The number of carbonyl (C=O) groups excluding carboxylic acids is 3. The number of aliphatic carboxylic acids is 1. The van der Waals surface area contributed by atoms with Crippen LogP contribution in [0.5, 0.6) is 0 Å². The van der Waals surface area contributed by atoms with Gasteiger partial charge in [0.1, 0.15) is 18.1 Å². The Bertz CT molecular complexity index is 634. The molecular formula is C22H43N5O5S. The number of hydrogen-bond donors (Lipinski definition) is 6. The van der Waals surface area contributed by atoms with Crippen molar-refractivity contribution < 1.29 is 24.3 Å². The molecular weight excluding hydrogens is 446 g/mol. The third-order valence-corrected chi connectivity index (χ3v) is 6.22. The molecule has 0 aliphatic carbocycles. The average molecular weight is 490 g/mol. The number of thioether (sulfide) groups is 1. The minimum absolute atomic E-state index is 0.197. The monoisotopic (exact) mass is 489 g/mol. The van der Waals surface area contributed by atoms with Crippen molar-refractivity contribution in [1.29, 1.82) is 0 Å². The summed E-state index contributed by atoms with van der Waals surface area (Å²) in [6.45, 7) is 7.64. The molecule has 0 saturated carbocycles. The van der Waals surface area contributed by atoms with E-state index in [2.05, 4.69) is 16.0 Å². The molecule has 0 spiro atoms. The molecule has 0 rings (SSSR count). The lowest BCUT2D eigenvalue weighted by Gasteiger charge is -2.28. The van der Waals surface area contributed by atoms with Crippen LogP contribution in [0.25, 0.3) is 0 Å². The lowest BCUT2D eigenvalue weighted by atomic mass is 9.97. The van der Waals surface area contributed by atoms with Crippen LogP contribution in [0.2, 0.25) is 0 Å². The minimum Gasteiger partial charge on any atom is -0.480 e. The number of unbranched alkanes of at least 4 members (excludes halogenated alkanes) is 1. The largest absolute Gasteiger partial charge is 0.480 e. The molecule has 5 unspecified atom stereocenters. The number of carbonyl (C=O) groups is 4. The van der Waals surface area contributed by atoms with Crippen LogP contribution in [-0.2, 0) is 19.2 Å². The normalized spacial score (nSPS) is 15.8. The molecule has 0 radical (unpaired) electrons. The van der Waals surface area contributed by atoms with Crippen LogP contribution in [0.4, 0.5) is 0 Å². The lowest BCUT2D eigenvalue weighted by molar-refractivity contribution is -0.143. The van der Waals surface area contributed by atoms with Crippen LogP contribution >= 0.6 is 11.8 Å². The molecule has 0 saturated heterocycles. The molecule has 33 heavy (non-hydrogen) atoms. The summed E-state index contributed by atoms with van der Waals surface area (Å²) in [5.41, 5.74) is 11.4. The van der Waals surface area contributed by atoms with Gasteiger partial charge in [0.05, 0.1) is 6.04 Å². The molecule has 192 valence electrons. The van der Waals surface area contributed by atoms with Crippen molar-refractivity contribution in [1.82, 2.24) is 16.0 Å². The molecule has 11 heteroatoms. The van der Waals surface area contributed by atoms with E-state index in [0.717, 1.165) is 6.42 Å². The number of hydrogen-bond acceptors (Lipinski definition) is 7. The molecule has 0 aromatic carbocycles. The smallest absolute Gasteiger partial charge is 0.326 e. The molecule has 0 fully saturated rings. The Kier molecular flexibility index (Phi) is 15.8. The quantitative estimate of drug-likeness (QED) is 0.159. The van der Waals surface area contributed by atoms with Crippen LogP contribution in [0.3, 0.4) is 0 Å². The Morgan fingerprint density at radius 2 is 1.52 bits per heavy atom. The third kappa shape index (κ3) is 11.7. The van der Waals surface area contributed by atoms with E-state index in [1.54, 1.807) is 13.8 Å². The van der Waals surface area contributed by atoms with Gasteiger partial charge >= 0.3 is 5.97 Å². The number of carboxylic acids is 1. The number of amides is 3. The Hall–Kier alpha value is -1.85. The number of nitrogens with two attached hydrogens (primary N) is 2. The van der Waals surface area contributed by atoms with Gasteiger partial charge in [-0.25, -0.2) is 4.79 Å². The van der Waals surface area contributed by atoms with Gasteiger partial charge in [-0.05, 0) is 49.7 Å². The standard InChI is InChI=1S/C22H43N5O5S/c1-6-14(4)18(27-19(28)15(24)9-7-8-11-23)21(30)25-16(10-12-33-5)20(29)26-17(13(2)3)22(31)32/h13-18H,6-12,23-24H2,1-5H3,(H,25,30)(H,26,29)(H,27,28)(H,31,32). The molecule has 0 aliphatic rings. The van der Waals surface area contributed by atoms with E-state index in [4.69, 9.17) is 11.5 Å². The van der Waals surface area contributed by atoms with Gasteiger partial charge in [-0.3, -0.25) is 14.4 Å². The van der Waals surface area contributed by atoms with Crippen molar-refractivity contribution in [3.63, 3.8) is 0 Å². The van der Waals surface area contributed by atoms with Crippen LogP contribution in [0, 0.1) is 11.8 Å². The molecule has 0 heterocycles. The average Bonchev–Trinajstić information content (AvgIpc) is 2.76. The highest BCUT2D eigenvalue weighted by Crippen LogP contribution is 2.11. The topological polar surface area (TPSA) is 177 Å². The fourth-order valence-corrected chi connectivity index (χ4v) is 3.61. The maximum atomic E-state index is 13.1. The first-order valence-corrected chi connectivity index (χ1v) is 13.0. The van der Waals surface area contributed by atoms with E-state index >= 15 is 0 Å². The summed E-state index contributed by atoms with van der Waals surface area (Å²) in [6, 6.07) is -3.61. The van der Waals surface area contributed by atoms with Gasteiger partial charge in [-0.15, -0.1) is 0 Å². The van der Waals surface area contributed by atoms with Gasteiger partial charge in [-0.1, -0.05) is 40.5 Å². The first-order chi connectivity index (χ1) is 15.5. The Labute approximate surface area is 201 Å². The lowest BCUT2D eigenvalue weighted by Crippen LogP contribution is -2.59. The molecule has 0 aliphatic heterocycles. The Morgan fingerprint density at radius 3 is 2.00 bits per heavy atom. The van der Waals surface area contributed by atoms with E-state index in [0.29, 0.717) is 38.0 Å². The zero-order valence-electron chi connectivity index (χ0n) is 20.6. The number of rotatable bonds is 17. The van der Waals surface area contributed by atoms with Crippen molar-refractivity contribution in [3.8, 4) is 0 Å². The maximum absolute atomic E-state index is 13.1. The van der Waals surface area contributed by atoms with Crippen molar-refractivity contribution in [3.05, 3.63) is 0 Å². The summed E-state index contributed by atoms with van der Waals surface area (Å²) in [5, 5.41) is 17.4. The second kappa shape index (κ2) is 16.7. The highest BCUT2D eigenvalue weighted by molar-refractivity contribution is 7.98. The molecule has 0 aromatic heterocycles. The van der Waals surface area contributed by atoms with Crippen molar-refractivity contribution in [2.75, 3.05) is 18.6 Å². The van der Waals surface area contributed by atoms with Crippen molar-refractivity contribution >= 4 is 35.5 Å². The highest BCUT2D eigenvalue weighted by Gasteiger charge is 2.32. The minimum atomic E-state index is -1.14. The number of carboxylic acid groups (broad SMARTS) is 1. The second-order valence-electron chi connectivity index (χ2n) is 8.67. The van der Waals surface area contributed by atoms with E-state index in [9.17, 15) is 24.3 Å². The van der Waals surface area contributed by atoms with E-state index < -0.39 is 47.9 Å². The molecule has 10 nitrogen and oxygen atoms in total. The van der Waals surface area contributed by atoms with Gasteiger partial charge in [0.25, 0.3) is 0 Å². The van der Waals surface area contributed by atoms with E-state index in [-0.39, 0.29) is 11.8 Å². The molecule has 8 N–H and O–H groups in total. The summed E-state index contributed by atoms with van der Waals surface area (Å²) in [4.78, 5) is 50.0. The summed E-state index contributed by atoms with van der Waals surface area (Å²) in [7, 11) is 0. The first kappa shape index (κ1) is 31.1. The zero-order chi connectivity index (χ0) is 25.6. The van der Waals surface area contributed by atoms with Crippen molar-refractivity contribution in [2.24, 2.45) is 23.3 Å². The SMILES string of the molecule is CCC(C)C(NC(=O)C(N)CCCCN)C(=O)NC(CCSC)C(=O)NC(C(=O)O)C(C)C. The summed E-state index contributed by atoms with van der Waals surface area (Å²) < 4.78 is 0. The Morgan fingerprint density at radius 1 is 0.909 bits per heavy atom. The van der Waals surface area contributed by atoms with Crippen LogP contribution < -0.4 is 27.4 Å². The first-order valence-electron chi connectivity index (χ1n) is 11.6. The fourth-order valence-electron chi connectivity index (χ4n) is 3.14. The van der Waals surface area contributed by atoms with E-state index in [1.165, 1.54) is 11.8 Å². The fraction of sp³-hybridized carbons (Fsp3) is 0.818.